The minimum Gasteiger partial charge on any atom is -0.375 e. The van der Waals surface area contributed by atoms with Crippen molar-refractivity contribution in [2.75, 3.05) is 17.2 Å². The van der Waals surface area contributed by atoms with E-state index in [0.717, 1.165) is 12.1 Å². The first-order valence-electron chi connectivity index (χ1n) is 8.35. The Bertz CT molecular complexity index is 1130. The molecule has 0 aliphatic carbocycles. The van der Waals surface area contributed by atoms with Gasteiger partial charge in [-0.3, -0.25) is 4.79 Å². The summed E-state index contributed by atoms with van der Waals surface area (Å²) in [5, 5.41) is 6.19. The van der Waals surface area contributed by atoms with E-state index in [1.807, 2.05) is 0 Å². The average molecular weight is 453 g/mol. The van der Waals surface area contributed by atoms with Crippen LogP contribution in [0.5, 0.6) is 0 Å². The number of nitrogens with one attached hydrogen (secondary N) is 2. The molecule has 0 radical (unpaired) electrons. The molecule has 0 spiro atoms. The zero-order valence-electron chi connectivity index (χ0n) is 14.8. The third-order valence-corrected chi connectivity index (χ3v) is 6.15. The van der Waals surface area contributed by atoms with Crippen molar-refractivity contribution in [2.45, 2.75) is 9.79 Å². The normalized spacial score (nSPS) is 11.1. The Morgan fingerprint density at radius 3 is 2.21 bits per heavy atom. The summed E-state index contributed by atoms with van der Waals surface area (Å²) in [5.41, 5.74) is 0.664. The van der Waals surface area contributed by atoms with Gasteiger partial charge in [-0.1, -0.05) is 35.3 Å². The third kappa shape index (κ3) is 5.26. The van der Waals surface area contributed by atoms with Crippen LogP contribution in [-0.2, 0) is 14.6 Å². The van der Waals surface area contributed by atoms with Crippen LogP contribution in [0.2, 0.25) is 10.0 Å². The molecule has 0 atom stereocenters. The van der Waals surface area contributed by atoms with E-state index in [2.05, 4.69) is 10.6 Å². The summed E-state index contributed by atoms with van der Waals surface area (Å²) in [6, 6.07) is 15.3. The highest BCUT2D eigenvalue weighted by Crippen LogP contribution is 2.28. The Kier molecular flexibility index (Phi) is 6.42. The molecule has 0 aromatic heterocycles. The lowest BCUT2D eigenvalue weighted by Crippen LogP contribution is -2.22. The number of amides is 1. The van der Waals surface area contributed by atoms with Crippen molar-refractivity contribution in [3.63, 3.8) is 0 Å². The Balaban J connectivity index is 1.77. The van der Waals surface area contributed by atoms with E-state index in [1.165, 1.54) is 36.4 Å². The van der Waals surface area contributed by atoms with Crippen LogP contribution in [0.3, 0.4) is 0 Å². The molecule has 0 aliphatic heterocycles. The molecule has 0 bridgehead atoms. The van der Waals surface area contributed by atoms with Crippen LogP contribution in [0, 0.1) is 5.82 Å². The molecular weight excluding hydrogens is 438 g/mol. The summed E-state index contributed by atoms with van der Waals surface area (Å²) in [4.78, 5) is 12.2. The molecule has 3 aromatic rings. The monoisotopic (exact) mass is 452 g/mol. The van der Waals surface area contributed by atoms with Crippen molar-refractivity contribution in [3.8, 4) is 0 Å². The molecule has 0 heterocycles. The summed E-state index contributed by atoms with van der Waals surface area (Å²) in [5.74, 6) is -0.953. The van der Waals surface area contributed by atoms with Crippen LogP contribution in [0.1, 0.15) is 0 Å². The lowest BCUT2D eigenvalue weighted by atomic mass is 10.3. The lowest BCUT2D eigenvalue weighted by Gasteiger charge is -2.13. The molecule has 3 rings (SSSR count). The predicted molar refractivity (Wildman–Crippen MR) is 112 cm³/mol. The predicted octanol–water partition coefficient (Wildman–Crippen LogP) is 5.02. The first-order valence-corrected chi connectivity index (χ1v) is 10.6. The van der Waals surface area contributed by atoms with Crippen LogP contribution < -0.4 is 10.6 Å². The van der Waals surface area contributed by atoms with Gasteiger partial charge < -0.3 is 10.6 Å². The van der Waals surface area contributed by atoms with E-state index in [-0.39, 0.29) is 22.0 Å². The van der Waals surface area contributed by atoms with Gasteiger partial charge in [-0.15, -0.1) is 0 Å². The van der Waals surface area contributed by atoms with Gasteiger partial charge in [0.25, 0.3) is 0 Å². The first-order chi connectivity index (χ1) is 13.8. The molecule has 9 heteroatoms. The standard InChI is InChI=1S/C20H15Cl2FN2O3S/c21-13-9-14(22)11-16(10-13)25-20(26)12-24-18-3-1-2-4-19(18)29(27,28)17-7-5-15(23)6-8-17/h1-11,24H,12H2,(H,25,26). The van der Waals surface area contributed by atoms with Crippen molar-refractivity contribution >= 4 is 50.3 Å². The Hall–Kier alpha value is -2.61. The van der Waals surface area contributed by atoms with Gasteiger partial charge in [0.15, 0.2) is 0 Å². The zero-order chi connectivity index (χ0) is 21.0. The second kappa shape index (κ2) is 8.82. The number of para-hydroxylation sites is 1. The average Bonchev–Trinajstić information content (AvgIpc) is 2.66. The van der Waals surface area contributed by atoms with E-state index < -0.39 is 21.6 Å². The van der Waals surface area contributed by atoms with Gasteiger partial charge in [0.1, 0.15) is 5.82 Å². The highest BCUT2D eigenvalue weighted by atomic mass is 35.5. The minimum absolute atomic E-state index is 0.0230. The van der Waals surface area contributed by atoms with Crippen molar-refractivity contribution in [3.05, 3.63) is 82.6 Å². The van der Waals surface area contributed by atoms with Gasteiger partial charge in [0.2, 0.25) is 15.7 Å². The summed E-state index contributed by atoms with van der Waals surface area (Å²) >= 11 is 11.8. The summed E-state index contributed by atoms with van der Waals surface area (Å²) in [7, 11) is -3.90. The highest BCUT2D eigenvalue weighted by Gasteiger charge is 2.21. The van der Waals surface area contributed by atoms with Crippen LogP contribution in [0.4, 0.5) is 15.8 Å². The van der Waals surface area contributed by atoms with Gasteiger partial charge >= 0.3 is 0 Å². The van der Waals surface area contributed by atoms with Crippen LogP contribution in [0.25, 0.3) is 0 Å². The molecule has 0 saturated carbocycles. The lowest BCUT2D eigenvalue weighted by molar-refractivity contribution is -0.114. The van der Waals surface area contributed by atoms with Gasteiger partial charge in [-0.2, -0.15) is 0 Å². The van der Waals surface area contributed by atoms with Gasteiger partial charge in [-0.25, -0.2) is 12.8 Å². The van der Waals surface area contributed by atoms with Crippen LogP contribution in [-0.4, -0.2) is 20.9 Å². The Morgan fingerprint density at radius 1 is 0.931 bits per heavy atom. The number of hydrogen-bond donors (Lipinski definition) is 2. The number of halogens is 3. The molecule has 150 valence electrons. The van der Waals surface area contributed by atoms with Crippen molar-refractivity contribution in [2.24, 2.45) is 0 Å². The molecule has 0 unspecified atom stereocenters. The van der Waals surface area contributed by atoms with Crippen molar-refractivity contribution in [1.29, 1.82) is 0 Å². The maximum Gasteiger partial charge on any atom is 0.243 e. The van der Waals surface area contributed by atoms with E-state index >= 15 is 0 Å². The van der Waals surface area contributed by atoms with Crippen LogP contribution in [0.15, 0.2) is 76.5 Å². The Morgan fingerprint density at radius 2 is 1.55 bits per heavy atom. The molecule has 0 fully saturated rings. The number of benzene rings is 3. The summed E-state index contributed by atoms with van der Waals surface area (Å²) in [6.07, 6.45) is 0. The fourth-order valence-corrected chi connectivity index (χ4v) is 4.56. The molecule has 2 N–H and O–H groups in total. The number of hydrogen-bond acceptors (Lipinski definition) is 4. The molecule has 1 amide bonds. The molecule has 29 heavy (non-hydrogen) atoms. The summed E-state index contributed by atoms with van der Waals surface area (Å²) in [6.45, 7) is -0.194. The third-order valence-electron chi connectivity index (χ3n) is 3.89. The maximum absolute atomic E-state index is 13.1. The summed E-state index contributed by atoms with van der Waals surface area (Å²) < 4.78 is 38.9. The Labute approximate surface area is 177 Å². The van der Waals surface area contributed by atoms with Gasteiger partial charge in [0.05, 0.1) is 22.0 Å². The van der Waals surface area contributed by atoms with E-state index in [0.29, 0.717) is 15.7 Å². The SMILES string of the molecule is O=C(CNc1ccccc1S(=O)(=O)c1ccc(F)cc1)Nc1cc(Cl)cc(Cl)c1. The first kappa shape index (κ1) is 21.1. The number of carbonyl (C=O) groups is 1. The van der Waals surface area contributed by atoms with E-state index in [9.17, 15) is 17.6 Å². The van der Waals surface area contributed by atoms with Gasteiger partial charge in [0, 0.05) is 15.7 Å². The zero-order valence-corrected chi connectivity index (χ0v) is 17.2. The fraction of sp³-hybridized carbons (Fsp3) is 0.0500. The van der Waals surface area contributed by atoms with Crippen molar-refractivity contribution < 1.29 is 17.6 Å². The van der Waals surface area contributed by atoms with E-state index in [4.69, 9.17) is 23.2 Å². The fourth-order valence-electron chi connectivity index (χ4n) is 2.59. The molecule has 3 aromatic carbocycles. The van der Waals surface area contributed by atoms with Crippen molar-refractivity contribution in [1.82, 2.24) is 0 Å². The van der Waals surface area contributed by atoms with Crippen LogP contribution >= 0.6 is 23.2 Å². The van der Waals surface area contributed by atoms with E-state index in [1.54, 1.807) is 18.2 Å². The minimum atomic E-state index is -3.90. The quantitative estimate of drug-likeness (QED) is 0.515. The number of sulfone groups is 1. The molecular formula is C20H15Cl2FN2O3S. The highest BCUT2D eigenvalue weighted by molar-refractivity contribution is 7.91. The maximum atomic E-state index is 13.1. The second-order valence-electron chi connectivity index (χ2n) is 6.01. The molecule has 5 nitrogen and oxygen atoms in total. The second-order valence-corrected chi connectivity index (χ2v) is 8.80. The smallest absolute Gasteiger partial charge is 0.243 e. The number of anilines is 2. The largest absolute Gasteiger partial charge is 0.375 e. The van der Waals surface area contributed by atoms with Gasteiger partial charge in [-0.05, 0) is 54.6 Å². The molecule has 0 saturated heterocycles. The molecule has 0 aliphatic rings. The topological polar surface area (TPSA) is 75.3 Å². The number of carbonyl (C=O) groups excluding carboxylic acids is 1. The number of rotatable bonds is 6.